The molecule has 0 amide bonds. The van der Waals surface area contributed by atoms with Crippen molar-refractivity contribution >= 4 is 5.69 Å². The molecule has 1 aliphatic carbocycles. The first-order valence-corrected chi connectivity index (χ1v) is 7.13. The Hall–Kier alpha value is -2.03. The van der Waals surface area contributed by atoms with Crippen molar-refractivity contribution in [2.45, 2.75) is 32.2 Å². The minimum atomic E-state index is 0.368. The molecule has 20 heavy (non-hydrogen) atoms. The summed E-state index contributed by atoms with van der Waals surface area (Å²) in [6.07, 6.45) is 5.34. The minimum Gasteiger partial charge on any atom is -0.497 e. The van der Waals surface area contributed by atoms with Crippen LogP contribution in [0.4, 0.5) is 5.69 Å². The lowest BCUT2D eigenvalue weighted by atomic mass is 9.87. The normalized spacial score (nSPS) is 17.4. The lowest BCUT2D eigenvalue weighted by Gasteiger charge is -2.28. The molecule has 0 fully saturated rings. The molecule has 1 atom stereocenters. The predicted molar refractivity (Wildman–Crippen MR) is 81.3 cm³/mol. The molecule has 3 nitrogen and oxygen atoms in total. The molecular weight excluding hydrogens is 248 g/mol. The largest absolute Gasteiger partial charge is 0.497 e. The van der Waals surface area contributed by atoms with E-state index in [2.05, 4.69) is 34.6 Å². The van der Waals surface area contributed by atoms with Gasteiger partial charge in [0.25, 0.3) is 0 Å². The third-order valence-electron chi connectivity index (χ3n) is 4.00. The SMILES string of the molecule is COc1ccc2c(c1)CCCC2Nc1cccnc1C. The van der Waals surface area contributed by atoms with Crippen molar-refractivity contribution in [2.24, 2.45) is 0 Å². The van der Waals surface area contributed by atoms with Gasteiger partial charge in [0.2, 0.25) is 0 Å². The van der Waals surface area contributed by atoms with Crippen LogP contribution in [0.15, 0.2) is 36.5 Å². The summed E-state index contributed by atoms with van der Waals surface area (Å²) in [5.41, 5.74) is 4.96. The average molecular weight is 268 g/mol. The lowest BCUT2D eigenvalue weighted by molar-refractivity contribution is 0.413. The Kier molecular flexibility index (Phi) is 3.59. The number of nitrogens with zero attached hydrogens (tertiary/aromatic N) is 1. The monoisotopic (exact) mass is 268 g/mol. The van der Waals surface area contributed by atoms with Crippen LogP contribution in [-0.4, -0.2) is 12.1 Å². The zero-order chi connectivity index (χ0) is 13.9. The zero-order valence-electron chi connectivity index (χ0n) is 12.0. The smallest absolute Gasteiger partial charge is 0.119 e. The predicted octanol–water partition coefficient (Wildman–Crippen LogP) is 3.89. The fourth-order valence-electron chi connectivity index (χ4n) is 2.89. The van der Waals surface area contributed by atoms with Gasteiger partial charge in [-0.15, -0.1) is 0 Å². The van der Waals surface area contributed by atoms with Gasteiger partial charge in [-0.05, 0) is 61.6 Å². The van der Waals surface area contributed by atoms with E-state index in [-0.39, 0.29) is 0 Å². The van der Waals surface area contributed by atoms with Gasteiger partial charge < -0.3 is 10.1 Å². The second-order valence-corrected chi connectivity index (χ2v) is 5.29. The Morgan fingerprint density at radius 3 is 3.00 bits per heavy atom. The van der Waals surface area contributed by atoms with Crippen molar-refractivity contribution in [3.05, 3.63) is 53.3 Å². The molecule has 3 heteroatoms. The second kappa shape index (κ2) is 5.53. The van der Waals surface area contributed by atoms with Gasteiger partial charge in [0, 0.05) is 6.20 Å². The fourth-order valence-corrected chi connectivity index (χ4v) is 2.89. The standard InChI is InChI=1S/C17H20N2O/c1-12-16(7-4-10-18-12)19-17-6-3-5-13-11-14(20-2)8-9-15(13)17/h4,7-11,17,19H,3,5-6H2,1-2H3. The Bertz CT molecular complexity index is 610. The number of benzene rings is 1. The number of pyridine rings is 1. The minimum absolute atomic E-state index is 0.368. The van der Waals surface area contributed by atoms with Gasteiger partial charge in [-0.1, -0.05) is 6.07 Å². The molecule has 0 saturated heterocycles. The van der Waals surface area contributed by atoms with Crippen LogP contribution in [0.1, 0.15) is 35.7 Å². The van der Waals surface area contributed by atoms with Gasteiger partial charge in [-0.25, -0.2) is 0 Å². The summed E-state index contributed by atoms with van der Waals surface area (Å²) in [5, 5.41) is 3.64. The Labute approximate surface area is 120 Å². The highest BCUT2D eigenvalue weighted by Crippen LogP contribution is 2.34. The zero-order valence-corrected chi connectivity index (χ0v) is 12.0. The van der Waals surface area contributed by atoms with E-state index < -0.39 is 0 Å². The van der Waals surface area contributed by atoms with Gasteiger partial charge in [0.15, 0.2) is 0 Å². The molecule has 0 saturated carbocycles. The number of fused-ring (bicyclic) bond motifs is 1. The summed E-state index contributed by atoms with van der Waals surface area (Å²) in [4.78, 5) is 4.35. The van der Waals surface area contributed by atoms with Crippen LogP contribution in [-0.2, 0) is 6.42 Å². The number of ether oxygens (including phenoxy) is 1. The topological polar surface area (TPSA) is 34.1 Å². The van der Waals surface area contributed by atoms with Crippen molar-refractivity contribution in [1.29, 1.82) is 0 Å². The summed E-state index contributed by atoms with van der Waals surface area (Å²) >= 11 is 0. The van der Waals surface area contributed by atoms with Crippen molar-refractivity contribution in [1.82, 2.24) is 4.98 Å². The first kappa shape index (κ1) is 13.0. The summed E-state index contributed by atoms with van der Waals surface area (Å²) in [5.74, 6) is 0.946. The third kappa shape index (κ3) is 2.48. The maximum absolute atomic E-state index is 5.32. The van der Waals surface area contributed by atoms with Crippen LogP contribution in [0.5, 0.6) is 5.75 Å². The van der Waals surface area contributed by atoms with Gasteiger partial charge in [0.05, 0.1) is 24.5 Å². The van der Waals surface area contributed by atoms with E-state index in [9.17, 15) is 0 Å². The molecule has 0 bridgehead atoms. The van der Waals surface area contributed by atoms with Crippen LogP contribution < -0.4 is 10.1 Å². The average Bonchev–Trinajstić information content (AvgIpc) is 2.49. The van der Waals surface area contributed by atoms with E-state index in [0.29, 0.717) is 6.04 Å². The fraction of sp³-hybridized carbons (Fsp3) is 0.353. The number of aryl methyl sites for hydroxylation is 2. The highest BCUT2D eigenvalue weighted by atomic mass is 16.5. The molecule has 1 aromatic carbocycles. The summed E-state index contributed by atoms with van der Waals surface area (Å²) in [6.45, 7) is 2.04. The van der Waals surface area contributed by atoms with Crippen LogP contribution in [0.3, 0.4) is 0 Å². The maximum atomic E-state index is 5.32. The number of methoxy groups -OCH3 is 1. The number of nitrogens with one attached hydrogen (secondary N) is 1. The Morgan fingerprint density at radius 1 is 1.30 bits per heavy atom. The lowest BCUT2D eigenvalue weighted by Crippen LogP contribution is -2.18. The molecule has 104 valence electrons. The van der Waals surface area contributed by atoms with E-state index in [1.54, 1.807) is 7.11 Å². The molecule has 1 unspecified atom stereocenters. The summed E-state index contributed by atoms with van der Waals surface area (Å²) < 4.78 is 5.32. The first-order chi connectivity index (χ1) is 9.78. The molecular formula is C17H20N2O. The highest BCUT2D eigenvalue weighted by molar-refractivity contribution is 5.51. The van der Waals surface area contributed by atoms with E-state index in [0.717, 1.165) is 30.0 Å². The molecule has 1 heterocycles. The van der Waals surface area contributed by atoms with E-state index >= 15 is 0 Å². The molecule has 3 rings (SSSR count). The molecule has 0 spiro atoms. The maximum Gasteiger partial charge on any atom is 0.119 e. The number of rotatable bonds is 3. The number of aromatic nitrogens is 1. The van der Waals surface area contributed by atoms with Gasteiger partial charge in [-0.3, -0.25) is 4.98 Å². The number of anilines is 1. The molecule has 0 aliphatic heterocycles. The summed E-state index contributed by atoms with van der Waals surface area (Å²) in [6, 6.07) is 10.9. The molecule has 1 N–H and O–H groups in total. The third-order valence-corrected chi connectivity index (χ3v) is 4.00. The van der Waals surface area contributed by atoms with Crippen LogP contribution >= 0.6 is 0 Å². The van der Waals surface area contributed by atoms with E-state index in [1.807, 2.05) is 19.2 Å². The van der Waals surface area contributed by atoms with Crippen molar-refractivity contribution in [2.75, 3.05) is 12.4 Å². The number of hydrogen-bond donors (Lipinski definition) is 1. The Balaban J connectivity index is 1.88. The van der Waals surface area contributed by atoms with Gasteiger partial charge in [0.1, 0.15) is 5.75 Å². The van der Waals surface area contributed by atoms with E-state index in [1.165, 1.54) is 17.5 Å². The van der Waals surface area contributed by atoms with Gasteiger partial charge in [-0.2, -0.15) is 0 Å². The molecule has 1 aromatic heterocycles. The molecule has 0 radical (unpaired) electrons. The van der Waals surface area contributed by atoms with Crippen LogP contribution in [0, 0.1) is 6.92 Å². The molecule has 2 aromatic rings. The summed E-state index contributed by atoms with van der Waals surface area (Å²) in [7, 11) is 1.72. The first-order valence-electron chi connectivity index (χ1n) is 7.13. The van der Waals surface area contributed by atoms with Crippen molar-refractivity contribution in [3.8, 4) is 5.75 Å². The van der Waals surface area contributed by atoms with Crippen LogP contribution in [0.2, 0.25) is 0 Å². The highest BCUT2D eigenvalue weighted by Gasteiger charge is 2.21. The quantitative estimate of drug-likeness (QED) is 0.917. The van der Waals surface area contributed by atoms with Crippen molar-refractivity contribution < 1.29 is 4.74 Å². The van der Waals surface area contributed by atoms with E-state index in [4.69, 9.17) is 4.74 Å². The second-order valence-electron chi connectivity index (χ2n) is 5.29. The Morgan fingerprint density at radius 2 is 2.20 bits per heavy atom. The van der Waals surface area contributed by atoms with Crippen LogP contribution in [0.25, 0.3) is 0 Å². The number of hydrogen-bond acceptors (Lipinski definition) is 3. The van der Waals surface area contributed by atoms with Gasteiger partial charge >= 0.3 is 0 Å². The molecule has 1 aliphatic rings. The van der Waals surface area contributed by atoms with Crippen molar-refractivity contribution in [3.63, 3.8) is 0 Å².